The number of hydrogen-bond donors (Lipinski definition) is 1. The van der Waals surface area contributed by atoms with Crippen LogP contribution in [0.2, 0.25) is 0 Å². The van der Waals surface area contributed by atoms with Gasteiger partial charge in [-0.15, -0.1) is 11.3 Å². The molecule has 1 aromatic carbocycles. The first-order chi connectivity index (χ1) is 10.2. The summed E-state index contributed by atoms with van der Waals surface area (Å²) in [5.41, 5.74) is 2.76. The molecule has 0 amide bonds. The Morgan fingerprint density at radius 1 is 1.33 bits per heavy atom. The molecule has 0 aliphatic rings. The van der Waals surface area contributed by atoms with E-state index in [1.165, 1.54) is 16.5 Å². The zero-order chi connectivity index (χ0) is 14.8. The summed E-state index contributed by atoms with van der Waals surface area (Å²) in [5.74, 6) is 0. The Morgan fingerprint density at radius 2 is 2.19 bits per heavy atom. The van der Waals surface area contributed by atoms with Crippen LogP contribution in [0.25, 0.3) is 10.9 Å². The zero-order valence-electron chi connectivity index (χ0n) is 11.4. The minimum absolute atomic E-state index is 0.0796. The first kappa shape index (κ1) is 13.5. The van der Waals surface area contributed by atoms with Crippen LogP contribution in [0.4, 0.5) is 11.4 Å². The van der Waals surface area contributed by atoms with E-state index in [4.69, 9.17) is 0 Å². The fraction of sp³-hybridized carbons (Fsp3) is 0.133. The van der Waals surface area contributed by atoms with Crippen molar-refractivity contribution in [2.24, 2.45) is 0 Å². The molecule has 2 aromatic heterocycles. The van der Waals surface area contributed by atoms with Gasteiger partial charge in [-0.25, -0.2) is 0 Å². The molecule has 0 fully saturated rings. The molecule has 5 nitrogen and oxygen atoms in total. The number of nitrogens with one attached hydrogen (secondary N) is 1. The third kappa shape index (κ3) is 2.57. The van der Waals surface area contributed by atoms with E-state index in [1.54, 1.807) is 35.7 Å². The summed E-state index contributed by atoms with van der Waals surface area (Å²) in [6.07, 6.45) is 1.65. The molecule has 1 N–H and O–H groups in total. The highest BCUT2D eigenvalue weighted by Gasteiger charge is 2.14. The van der Waals surface area contributed by atoms with Crippen molar-refractivity contribution in [1.82, 2.24) is 4.98 Å². The van der Waals surface area contributed by atoms with Gasteiger partial charge in [0.15, 0.2) is 0 Å². The second kappa shape index (κ2) is 5.49. The first-order valence-electron chi connectivity index (χ1n) is 6.46. The van der Waals surface area contributed by atoms with Crippen molar-refractivity contribution in [2.45, 2.75) is 13.5 Å². The van der Waals surface area contributed by atoms with E-state index < -0.39 is 0 Å². The van der Waals surface area contributed by atoms with Gasteiger partial charge in [-0.05, 0) is 42.1 Å². The lowest BCUT2D eigenvalue weighted by atomic mass is 10.1. The molecule has 3 aromatic rings. The van der Waals surface area contributed by atoms with Gasteiger partial charge in [-0.2, -0.15) is 0 Å². The second-order valence-corrected chi connectivity index (χ2v) is 5.67. The van der Waals surface area contributed by atoms with Gasteiger partial charge >= 0.3 is 0 Å². The van der Waals surface area contributed by atoms with E-state index in [0.717, 1.165) is 5.69 Å². The van der Waals surface area contributed by atoms with Crippen molar-refractivity contribution in [1.29, 1.82) is 0 Å². The fourth-order valence-corrected chi connectivity index (χ4v) is 3.07. The van der Waals surface area contributed by atoms with E-state index >= 15 is 0 Å². The number of nitrogens with zero attached hydrogens (tertiary/aromatic N) is 2. The monoisotopic (exact) mass is 299 g/mol. The molecule has 6 heteroatoms. The summed E-state index contributed by atoms with van der Waals surface area (Å²) in [5, 5.41) is 17.0. The van der Waals surface area contributed by atoms with Crippen LogP contribution >= 0.6 is 11.3 Å². The Balaban J connectivity index is 1.98. The average molecular weight is 299 g/mol. The topological polar surface area (TPSA) is 68.1 Å². The van der Waals surface area contributed by atoms with Crippen molar-refractivity contribution in [3.8, 4) is 0 Å². The number of aromatic nitrogens is 1. The molecule has 0 aliphatic heterocycles. The lowest BCUT2D eigenvalue weighted by Crippen LogP contribution is -2.01. The maximum atomic E-state index is 11.1. The Hall–Kier alpha value is -2.47. The van der Waals surface area contributed by atoms with Gasteiger partial charge in [-0.1, -0.05) is 0 Å². The lowest BCUT2D eigenvalue weighted by molar-refractivity contribution is -0.383. The summed E-state index contributed by atoms with van der Waals surface area (Å²) >= 11 is 1.69. The average Bonchev–Trinajstić information content (AvgIpc) is 2.89. The summed E-state index contributed by atoms with van der Waals surface area (Å²) < 4.78 is 0. The molecular formula is C15H13N3O2S. The number of aryl methyl sites for hydroxylation is 1. The van der Waals surface area contributed by atoms with Crippen molar-refractivity contribution >= 4 is 33.6 Å². The second-order valence-electron chi connectivity index (χ2n) is 4.67. The van der Waals surface area contributed by atoms with Gasteiger partial charge in [0.1, 0.15) is 5.52 Å². The fourth-order valence-electron chi connectivity index (χ4n) is 2.22. The molecule has 0 unspecified atom stereocenters. The molecule has 0 aliphatic carbocycles. The zero-order valence-corrected chi connectivity index (χ0v) is 12.2. The van der Waals surface area contributed by atoms with Crippen LogP contribution in [0.5, 0.6) is 0 Å². The quantitative estimate of drug-likeness (QED) is 0.581. The minimum atomic E-state index is -0.378. The Kier molecular flexibility index (Phi) is 3.53. The number of nitro groups is 1. The Morgan fingerprint density at radius 3 is 2.90 bits per heavy atom. The molecule has 106 valence electrons. The van der Waals surface area contributed by atoms with Crippen LogP contribution in [-0.4, -0.2) is 9.91 Å². The number of benzene rings is 1. The summed E-state index contributed by atoms with van der Waals surface area (Å²) in [6.45, 7) is 2.76. The third-order valence-electron chi connectivity index (χ3n) is 3.35. The minimum Gasteiger partial charge on any atom is -0.378 e. The molecule has 2 heterocycles. The molecule has 0 radical (unpaired) electrons. The van der Waals surface area contributed by atoms with Gasteiger partial charge in [0.05, 0.1) is 16.0 Å². The Bertz CT molecular complexity index is 814. The van der Waals surface area contributed by atoms with Crippen LogP contribution in [0.1, 0.15) is 10.4 Å². The van der Waals surface area contributed by atoms with Crippen LogP contribution in [0.3, 0.4) is 0 Å². The van der Waals surface area contributed by atoms with Crippen molar-refractivity contribution in [3.05, 3.63) is 62.5 Å². The molecule has 0 spiro atoms. The van der Waals surface area contributed by atoms with Gasteiger partial charge in [0, 0.05) is 23.7 Å². The predicted octanol–water partition coefficient (Wildman–Crippen LogP) is 4.13. The smallest absolute Gasteiger partial charge is 0.278 e. The van der Waals surface area contributed by atoms with Crippen LogP contribution in [0, 0.1) is 17.0 Å². The largest absolute Gasteiger partial charge is 0.378 e. The standard InChI is InChI=1S/C15H13N3O2S/c1-10-6-8-21-14(10)9-17-12-4-5-13(18(19)20)11-3-2-7-16-15(11)12/h2-8,17H,9H2,1H3. The van der Waals surface area contributed by atoms with E-state index in [-0.39, 0.29) is 10.6 Å². The van der Waals surface area contributed by atoms with Crippen molar-refractivity contribution < 1.29 is 4.92 Å². The van der Waals surface area contributed by atoms with Gasteiger partial charge in [-0.3, -0.25) is 15.1 Å². The number of nitro benzene ring substituents is 1. The summed E-state index contributed by atoms with van der Waals surface area (Å²) in [4.78, 5) is 16.2. The number of rotatable bonds is 4. The normalized spacial score (nSPS) is 10.7. The molecule has 0 atom stereocenters. The highest BCUT2D eigenvalue weighted by molar-refractivity contribution is 7.10. The van der Waals surface area contributed by atoms with Crippen molar-refractivity contribution in [2.75, 3.05) is 5.32 Å². The maximum Gasteiger partial charge on any atom is 0.278 e. The van der Waals surface area contributed by atoms with E-state index in [9.17, 15) is 10.1 Å². The Labute approximate surface area is 125 Å². The first-order valence-corrected chi connectivity index (χ1v) is 7.34. The van der Waals surface area contributed by atoms with Gasteiger partial charge in [0.2, 0.25) is 0 Å². The molecular weight excluding hydrogens is 286 g/mol. The summed E-state index contributed by atoms with van der Waals surface area (Å²) in [6, 6.07) is 8.75. The van der Waals surface area contributed by atoms with E-state index in [1.807, 2.05) is 0 Å². The van der Waals surface area contributed by atoms with E-state index in [2.05, 4.69) is 28.7 Å². The van der Waals surface area contributed by atoms with E-state index in [0.29, 0.717) is 17.4 Å². The highest BCUT2D eigenvalue weighted by Crippen LogP contribution is 2.30. The van der Waals surface area contributed by atoms with Gasteiger partial charge < -0.3 is 5.32 Å². The number of anilines is 1. The molecule has 0 bridgehead atoms. The molecule has 21 heavy (non-hydrogen) atoms. The van der Waals surface area contributed by atoms with Gasteiger partial charge in [0.25, 0.3) is 5.69 Å². The number of pyridine rings is 1. The summed E-state index contributed by atoms with van der Waals surface area (Å²) in [7, 11) is 0. The number of fused-ring (bicyclic) bond motifs is 1. The molecule has 3 rings (SSSR count). The predicted molar refractivity (Wildman–Crippen MR) is 84.8 cm³/mol. The van der Waals surface area contributed by atoms with Crippen LogP contribution < -0.4 is 5.32 Å². The molecule has 0 saturated heterocycles. The SMILES string of the molecule is Cc1ccsc1CNc1ccc([N+](=O)[O-])c2cccnc12. The number of thiophene rings is 1. The number of non-ortho nitro benzene ring substituents is 1. The molecule has 0 saturated carbocycles. The van der Waals surface area contributed by atoms with Crippen molar-refractivity contribution in [3.63, 3.8) is 0 Å². The third-order valence-corrected chi connectivity index (χ3v) is 4.37. The lowest BCUT2D eigenvalue weighted by Gasteiger charge is -2.09. The number of hydrogen-bond acceptors (Lipinski definition) is 5. The highest BCUT2D eigenvalue weighted by atomic mass is 32.1. The van der Waals surface area contributed by atoms with Crippen LogP contribution in [0.15, 0.2) is 41.9 Å². The maximum absolute atomic E-state index is 11.1. The van der Waals surface area contributed by atoms with Crippen LogP contribution in [-0.2, 0) is 6.54 Å².